The van der Waals surface area contributed by atoms with Gasteiger partial charge in [0.25, 0.3) is 5.56 Å². The summed E-state index contributed by atoms with van der Waals surface area (Å²) in [5.74, 6) is 0.258. The zero-order valence-corrected chi connectivity index (χ0v) is 16.2. The van der Waals surface area contributed by atoms with E-state index in [1.807, 2.05) is 17.5 Å². The minimum atomic E-state index is -0.536. The lowest BCUT2D eigenvalue weighted by Gasteiger charge is -2.04. The fraction of sp³-hybridized carbons (Fsp3) is 0.294. The van der Waals surface area contributed by atoms with Crippen molar-refractivity contribution in [2.75, 3.05) is 0 Å². The molecule has 5 rings (SSSR count). The van der Waals surface area contributed by atoms with Gasteiger partial charge in [-0.3, -0.25) is 4.79 Å². The maximum absolute atomic E-state index is 12.4. The summed E-state index contributed by atoms with van der Waals surface area (Å²) < 4.78 is 5.22. The maximum atomic E-state index is 12.4. The fourth-order valence-electron chi connectivity index (χ4n) is 3.24. The van der Waals surface area contributed by atoms with Gasteiger partial charge in [0.05, 0.1) is 10.3 Å². The second-order valence-electron chi connectivity index (χ2n) is 6.33. The third-order valence-corrected chi connectivity index (χ3v) is 6.51. The van der Waals surface area contributed by atoms with E-state index >= 15 is 0 Å². The molecule has 0 fully saturated rings. The van der Waals surface area contributed by atoms with E-state index in [4.69, 9.17) is 4.74 Å². The molecule has 28 heavy (non-hydrogen) atoms. The number of aryl methyl sites for hydroxylation is 2. The van der Waals surface area contributed by atoms with Gasteiger partial charge in [-0.2, -0.15) is 4.80 Å². The lowest BCUT2D eigenvalue weighted by atomic mass is 10.2. The molecular weight excluding hydrogens is 400 g/mol. The number of tetrazole rings is 1. The fourth-order valence-corrected chi connectivity index (χ4v) is 5.17. The number of H-pyrrole nitrogens is 1. The molecule has 0 atom stereocenters. The van der Waals surface area contributed by atoms with Crippen molar-refractivity contribution in [3.63, 3.8) is 0 Å². The zero-order chi connectivity index (χ0) is 19.1. The molecular formula is C17H14N6O3S2. The summed E-state index contributed by atoms with van der Waals surface area (Å²) >= 11 is 3.04. The third-order valence-electron chi connectivity index (χ3n) is 4.46. The highest BCUT2D eigenvalue weighted by Gasteiger charge is 2.21. The number of ether oxygens (including phenoxy) is 1. The topological polar surface area (TPSA) is 116 Å². The van der Waals surface area contributed by atoms with E-state index in [0.717, 1.165) is 29.7 Å². The molecule has 0 radical (unpaired) electrons. The Hall–Kier alpha value is -2.92. The first kappa shape index (κ1) is 17.2. The van der Waals surface area contributed by atoms with Crippen LogP contribution in [0, 0.1) is 0 Å². The molecule has 0 bridgehead atoms. The minimum Gasteiger partial charge on any atom is -0.456 e. The number of aromatic nitrogens is 6. The molecule has 0 unspecified atom stereocenters. The predicted molar refractivity (Wildman–Crippen MR) is 103 cm³/mol. The minimum absolute atomic E-state index is 0.112. The predicted octanol–water partition coefficient (Wildman–Crippen LogP) is 1.93. The van der Waals surface area contributed by atoms with Crippen molar-refractivity contribution in [2.24, 2.45) is 0 Å². The molecule has 142 valence electrons. The number of thiophene rings is 2. The Balaban J connectivity index is 1.26. The van der Waals surface area contributed by atoms with E-state index < -0.39 is 5.97 Å². The van der Waals surface area contributed by atoms with Crippen LogP contribution in [-0.4, -0.2) is 36.1 Å². The van der Waals surface area contributed by atoms with E-state index in [0.29, 0.717) is 21.9 Å². The molecule has 0 aliphatic heterocycles. The SMILES string of the molecule is O=C(Cn1nnc(-c2cccs2)n1)OCc1nc2sc3c(c2c(=O)[nH]1)CCC3. The highest BCUT2D eigenvalue weighted by molar-refractivity contribution is 7.18. The van der Waals surface area contributed by atoms with Crippen LogP contribution >= 0.6 is 22.7 Å². The summed E-state index contributed by atoms with van der Waals surface area (Å²) in [5, 5.41) is 14.5. The van der Waals surface area contributed by atoms with Crippen LogP contribution in [0.15, 0.2) is 22.3 Å². The van der Waals surface area contributed by atoms with E-state index in [-0.39, 0.29) is 18.7 Å². The Kier molecular flexibility index (Phi) is 4.24. The van der Waals surface area contributed by atoms with E-state index in [9.17, 15) is 9.59 Å². The highest BCUT2D eigenvalue weighted by atomic mass is 32.1. The first-order valence-electron chi connectivity index (χ1n) is 8.68. The average Bonchev–Trinajstić information content (AvgIpc) is 3.42. The Labute approximate surface area is 166 Å². The monoisotopic (exact) mass is 414 g/mol. The van der Waals surface area contributed by atoms with Gasteiger partial charge in [0, 0.05) is 4.88 Å². The van der Waals surface area contributed by atoms with Crippen molar-refractivity contribution < 1.29 is 9.53 Å². The third kappa shape index (κ3) is 3.12. The number of carbonyl (C=O) groups is 1. The molecule has 1 aliphatic rings. The van der Waals surface area contributed by atoms with Crippen LogP contribution in [0.25, 0.3) is 20.9 Å². The molecule has 9 nitrogen and oxygen atoms in total. The molecule has 0 saturated heterocycles. The van der Waals surface area contributed by atoms with Crippen LogP contribution < -0.4 is 5.56 Å². The quantitative estimate of drug-likeness (QED) is 0.496. The van der Waals surface area contributed by atoms with Crippen molar-refractivity contribution in [2.45, 2.75) is 32.4 Å². The number of fused-ring (bicyclic) bond motifs is 3. The summed E-state index contributed by atoms with van der Waals surface area (Å²) in [5.41, 5.74) is 0.949. The van der Waals surface area contributed by atoms with Crippen LogP contribution in [0.4, 0.5) is 0 Å². The molecule has 0 amide bonds. The molecule has 0 spiro atoms. The zero-order valence-electron chi connectivity index (χ0n) is 14.5. The Morgan fingerprint density at radius 1 is 1.36 bits per heavy atom. The summed E-state index contributed by atoms with van der Waals surface area (Å²) in [6.45, 7) is -0.281. The van der Waals surface area contributed by atoms with Crippen molar-refractivity contribution in [3.8, 4) is 10.7 Å². The first-order valence-corrected chi connectivity index (χ1v) is 10.4. The van der Waals surface area contributed by atoms with Gasteiger partial charge >= 0.3 is 5.97 Å². The summed E-state index contributed by atoms with van der Waals surface area (Å²) in [6, 6.07) is 3.77. The maximum Gasteiger partial charge on any atom is 0.330 e. The summed E-state index contributed by atoms with van der Waals surface area (Å²) in [6.07, 6.45) is 3.01. The van der Waals surface area contributed by atoms with Crippen LogP contribution in [0.5, 0.6) is 0 Å². The Morgan fingerprint density at radius 3 is 3.14 bits per heavy atom. The van der Waals surface area contributed by atoms with Gasteiger partial charge in [0.15, 0.2) is 6.54 Å². The Morgan fingerprint density at radius 2 is 2.29 bits per heavy atom. The summed E-state index contributed by atoms with van der Waals surface area (Å²) in [7, 11) is 0. The number of esters is 1. The number of nitrogens with zero attached hydrogens (tertiary/aromatic N) is 5. The molecule has 11 heteroatoms. The normalized spacial score (nSPS) is 13.1. The van der Waals surface area contributed by atoms with Gasteiger partial charge in [-0.15, -0.1) is 32.9 Å². The average molecular weight is 414 g/mol. The second kappa shape index (κ2) is 6.91. The van der Waals surface area contributed by atoms with E-state index in [1.165, 1.54) is 21.0 Å². The second-order valence-corrected chi connectivity index (χ2v) is 8.36. The van der Waals surface area contributed by atoms with E-state index in [1.54, 1.807) is 11.3 Å². The van der Waals surface area contributed by atoms with Crippen molar-refractivity contribution in [1.29, 1.82) is 0 Å². The van der Waals surface area contributed by atoms with E-state index in [2.05, 4.69) is 25.4 Å². The van der Waals surface area contributed by atoms with Crippen molar-refractivity contribution in [3.05, 3.63) is 44.1 Å². The molecule has 0 aromatic carbocycles. The molecule has 4 aromatic rings. The van der Waals surface area contributed by atoms with Gasteiger partial charge in [-0.25, -0.2) is 9.78 Å². The molecule has 1 N–H and O–H groups in total. The number of hydrogen-bond donors (Lipinski definition) is 1. The summed E-state index contributed by atoms with van der Waals surface area (Å²) in [4.78, 5) is 35.7. The molecule has 4 heterocycles. The van der Waals surface area contributed by atoms with Gasteiger partial charge < -0.3 is 9.72 Å². The smallest absolute Gasteiger partial charge is 0.330 e. The van der Waals surface area contributed by atoms with Gasteiger partial charge in [-0.05, 0) is 41.5 Å². The van der Waals surface area contributed by atoms with Crippen LogP contribution in [0.1, 0.15) is 22.7 Å². The van der Waals surface area contributed by atoms with Crippen LogP contribution in [0.3, 0.4) is 0 Å². The highest BCUT2D eigenvalue weighted by Crippen LogP contribution is 2.34. The number of aromatic amines is 1. The lowest BCUT2D eigenvalue weighted by molar-refractivity contribution is -0.146. The first-order chi connectivity index (χ1) is 13.7. The van der Waals surface area contributed by atoms with Gasteiger partial charge in [0.2, 0.25) is 5.82 Å². The Bertz CT molecular complexity index is 1220. The number of carbonyl (C=O) groups excluding carboxylic acids is 1. The standard InChI is InChI=1S/C17H14N6O3S2/c24-13(7-23-21-15(20-22-23)11-5-2-6-27-11)26-8-12-18-16(25)14-9-3-1-4-10(9)28-17(14)19-12/h2,5-6H,1,3-4,7-8H2,(H,18,19,25). The largest absolute Gasteiger partial charge is 0.456 e. The lowest BCUT2D eigenvalue weighted by Crippen LogP contribution is -2.18. The number of hydrogen-bond acceptors (Lipinski definition) is 9. The van der Waals surface area contributed by atoms with Gasteiger partial charge in [0.1, 0.15) is 17.3 Å². The van der Waals surface area contributed by atoms with Crippen molar-refractivity contribution in [1.82, 2.24) is 30.2 Å². The van der Waals surface area contributed by atoms with Crippen LogP contribution in [0.2, 0.25) is 0 Å². The van der Waals surface area contributed by atoms with Gasteiger partial charge in [-0.1, -0.05) is 6.07 Å². The molecule has 0 saturated carbocycles. The van der Waals surface area contributed by atoms with Crippen LogP contribution in [-0.2, 0) is 35.5 Å². The van der Waals surface area contributed by atoms with Crippen molar-refractivity contribution >= 4 is 38.9 Å². The number of nitrogens with one attached hydrogen (secondary N) is 1. The number of rotatable bonds is 5. The molecule has 1 aliphatic carbocycles. The molecule has 4 aromatic heterocycles.